The Morgan fingerprint density at radius 1 is 1.21 bits per heavy atom. The molecule has 1 fully saturated rings. The standard InChI is InChI=1S/C16H25NO2/c1-12(2)19-9-8-17-15-10-14(11-15)13-4-6-16(18-3)7-5-13/h4-7,12,14-15,17H,8-11H2,1-3H3. The van der Waals surface area contributed by atoms with Crippen LogP contribution in [0, 0.1) is 0 Å². The van der Waals surface area contributed by atoms with E-state index in [9.17, 15) is 0 Å². The van der Waals surface area contributed by atoms with Gasteiger partial charge in [0, 0.05) is 12.6 Å². The summed E-state index contributed by atoms with van der Waals surface area (Å²) in [5.41, 5.74) is 1.43. The summed E-state index contributed by atoms with van der Waals surface area (Å²) in [6.07, 6.45) is 2.79. The van der Waals surface area contributed by atoms with Gasteiger partial charge in [0.15, 0.2) is 0 Å². The Morgan fingerprint density at radius 3 is 2.47 bits per heavy atom. The number of methoxy groups -OCH3 is 1. The first kappa shape index (κ1) is 14.4. The quantitative estimate of drug-likeness (QED) is 0.767. The normalized spacial score (nSPS) is 22.3. The van der Waals surface area contributed by atoms with Crippen molar-refractivity contribution in [3.05, 3.63) is 29.8 Å². The van der Waals surface area contributed by atoms with Gasteiger partial charge in [-0.2, -0.15) is 0 Å². The topological polar surface area (TPSA) is 30.5 Å². The van der Waals surface area contributed by atoms with E-state index in [1.54, 1.807) is 7.11 Å². The van der Waals surface area contributed by atoms with Crippen LogP contribution < -0.4 is 10.1 Å². The predicted octanol–water partition coefficient (Wildman–Crippen LogP) is 2.96. The van der Waals surface area contributed by atoms with E-state index < -0.39 is 0 Å². The van der Waals surface area contributed by atoms with Gasteiger partial charge in [0.2, 0.25) is 0 Å². The van der Waals surface area contributed by atoms with Gasteiger partial charge in [0.1, 0.15) is 5.75 Å². The number of hydrogen-bond donors (Lipinski definition) is 1. The summed E-state index contributed by atoms with van der Waals surface area (Å²) in [6, 6.07) is 9.12. The van der Waals surface area contributed by atoms with Crippen LogP contribution in [0.4, 0.5) is 0 Å². The van der Waals surface area contributed by atoms with Crippen LogP contribution in [-0.4, -0.2) is 32.4 Å². The lowest BCUT2D eigenvalue weighted by atomic mass is 9.76. The maximum atomic E-state index is 5.52. The van der Waals surface area contributed by atoms with Gasteiger partial charge in [-0.3, -0.25) is 0 Å². The molecule has 0 heterocycles. The van der Waals surface area contributed by atoms with Gasteiger partial charge in [-0.05, 0) is 50.3 Å². The fourth-order valence-corrected chi connectivity index (χ4v) is 2.49. The molecule has 19 heavy (non-hydrogen) atoms. The molecule has 0 aliphatic heterocycles. The molecule has 1 saturated carbocycles. The first-order chi connectivity index (χ1) is 9.19. The zero-order valence-corrected chi connectivity index (χ0v) is 12.2. The Kier molecular flexibility index (Phi) is 5.23. The summed E-state index contributed by atoms with van der Waals surface area (Å²) in [5, 5.41) is 3.55. The molecular weight excluding hydrogens is 238 g/mol. The van der Waals surface area contributed by atoms with E-state index in [1.165, 1.54) is 18.4 Å². The van der Waals surface area contributed by atoms with Crippen LogP contribution in [0.15, 0.2) is 24.3 Å². The van der Waals surface area contributed by atoms with Crippen LogP contribution in [0.1, 0.15) is 38.2 Å². The van der Waals surface area contributed by atoms with Gasteiger partial charge in [-0.25, -0.2) is 0 Å². The molecule has 0 amide bonds. The molecule has 0 saturated heterocycles. The largest absolute Gasteiger partial charge is 0.497 e. The van der Waals surface area contributed by atoms with Crippen molar-refractivity contribution in [3.63, 3.8) is 0 Å². The molecule has 1 aromatic carbocycles. The Labute approximate surface area is 116 Å². The molecule has 0 spiro atoms. The molecule has 0 atom stereocenters. The Balaban J connectivity index is 1.65. The van der Waals surface area contributed by atoms with Gasteiger partial charge >= 0.3 is 0 Å². The van der Waals surface area contributed by atoms with Gasteiger partial charge in [-0.1, -0.05) is 12.1 Å². The predicted molar refractivity (Wildman–Crippen MR) is 77.8 cm³/mol. The minimum atomic E-state index is 0.329. The molecule has 3 nitrogen and oxygen atoms in total. The smallest absolute Gasteiger partial charge is 0.118 e. The lowest BCUT2D eigenvalue weighted by molar-refractivity contribution is 0.0767. The van der Waals surface area contributed by atoms with Crippen molar-refractivity contribution >= 4 is 0 Å². The van der Waals surface area contributed by atoms with Crippen molar-refractivity contribution in [3.8, 4) is 5.75 Å². The maximum absolute atomic E-state index is 5.52. The van der Waals surface area contributed by atoms with E-state index in [2.05, 4.69) is 31.3 Å². The molecule has 3 heteroatoms. The minimum Gasteiger partial charge on any atom is -0.497 e. The van der Waals surface area contributed by atoms with Gasteiger partial charge < -0.3 is 14.8 Å². The second-order valence-electron chi connectivity index (χ2n) is 5.51. The first-order valence-electron chi connectivity index (χ1n) is 7.18. The van der Waals surface area contributed by atoms with E-state index in [0.717, 1.165) is 18.9 Å². The average Bonchev–Trinajstić information content (AvgIpc) is 2.36. The van der Waals surface area contributed by atoms with Gasteiger partial charge in [-0.15, -0.1) is 0 Å². The highest BCUT2D eigenvalue weighted by atomic mass is 16.5. The van der Waals surface area contributed by atoms with E-state index in [-0.39, 0.29) is 0 Å². The molecule has 0 bridgehead atoms. The highest BCUT2D eigenvalue weighted by Gasteiger charge is 2.29. The number of benzene rings is 1. The van der Waals surface area contributed by atoms with Crippen molar-refractivity contribution < 1.29 is 9.47 Å². The molecule has 1 aliphatic carbocycles. The third-order valence-electron chi connectivity index (χ3n) is 3.71. The van der Waals surface area contributed by atoms with Gasteiger partial charge in [0.05, 0.1) is 19.8 Å². The highest BCUT2D eigenvalue weighted by Crippen LogP contribution is 2.37. The zero-order valence-electron chi connectivity index (χ0n) is 12.2. The van der Waals surface area contributed by atoms with Crippen LogP contribution in [0.2, 0.25) is 0 Å². The molecule has 106 valence electrons. The second kappa shape index (κ2) is 6.92. The lowest BCUT2D eigenvalue weighted by Crippen LogP contribution is -2.41. The first-order valence-corrected chi connectivity index (χ1v) is 7.18. The van der Waals surface area contributed by atoms with E-state index in [4.69, 9.17) is 9.47 Å². The van der Waals surface area contributed by atoms with Crippen LogP contribution in [0.3, 0.4) is 0 Å². The van der Waals surface area contributed by atoms with Crippen molar-refractivity contribution in [1.82, 2.24) is 5.32 Å². The van der Waals surface area contributed by atoms with Crippen molar-refractivity contribution in [1.29, 1.82) is 0 Å². The molecule has 0 unspecified atom stereocenters. The van der Waals surface area contributed by atoms with Crippen molar-refractivity contribution in [2.45, 2.75) is 44.8 Å². The van der Waals surface area contributed by atoms with E-state index >= 15 is 0 Å². The van der Waals surface area contributed by atoms with Crippen molar-refractivity contribution in [2.24, 2.45) is 0 Å². The molecule has 1 aliphatic rings. The van der Waals surface area contributed by atoms with Crippen LogP contribution in [-0.2, 0) is 4.74 Å². The third-order valence-corrected chi connectivity index (χ3v) is 3.71. The minimum absolute atomic E-state index is 0.329. The summed E-state index contributed by atoms with van der Waals surface area (Å²) >= 11 is 0. The van der Waals surface area contributed by atoms with E-state index in [1.807, 2.05) is 12.1 Å². The number of ether oxygens (including phenoxy) is 2. The highest BCUT2D eigenvalue weighted by molar-refractivity contribution is 5.30. The molecule has 0 radical (unpaired) electrons. The van der Waals surface area contributed by atoms with Gasteiger partial charge in [0.25, 0.3) is 0 Å². The van der Waals surface area contributed by atoms with Crippen molar-refractivity contribution in [2.75, 3.05) is 20.3 Å². The molecule has 1 aromatic rings. The Morgan fingerprint density at radius 2 is 1.89 bits per heavy atom. The van der Waals surface area contributed by atoms with Crippen LogP contribution in [0.25, 0.3) is 0 Å². The zero-order chi connectivity index (χ0) is 13.7. The average molecular weight is 263 g/mol. The SMILES string of the molecule is COc1ccc(C2CC(NCCOC(C)C)C2)cc1. The fraction of sp³-hybridized carbons (Fsp3) is 0.625. The Hall–Kier alpha value is -1.06. The fourth-order valence-electron chi connectivity index (χ4n) is 2.49. The summed E-state index contributed by atoms with van der Waals surface area (Å²) in [5.74, 6) is 1.64. The summed E-state index contributed by atoms with van der Waals surface area (Å²) in [7, 11) is 1.71. The number of rotatable bonds is 7. The summed E-state index contributed by atoms with van der Waals surface area (Å²) in [6.45, 7) is 5.91. The maximum Gasteiger partial charge on any atom is 0.118 e. The van der Waals surface area contributed by atoms with E-state index in [0.29, 0.717) is 18.1 Å². The van der Waals surface area contributed by atoms with Crippen LogP contribution in [0.5, 0.6) is 5.75 Å². The monoisotopic (exact) mass is 263 g/mol. The molecule has 0 aromatic heterocycles. The number of hydrogen-bond acceptors (Lipinski definition) is 3. The summed E-state index contributed by atoms with van der Waals surface area (Å²) in [4.78, 5) is 0. The van der Waals surface area contributed by atoms with Crippen LogP contribution >= 0.6 is 0 Å². The molecular formula is C16H25NO2. The number of nitrogens with one attached hydrogen (secondary N) is 1. The summed E-state index contributed by atoms with van der Waals surface area (Å²) < 4.78 is 10.7. The Bertz CT molecular complexity index is 369. The third kappa shape index (κ3) is 4.22. The lowest BCUT2D eigenvalue weighted by Gasteiger charge is -2.36. The second-order valence-corrected chi connectivity index (χ2v) is 5.51. The molecule has 2 rings (SSSR count). The molecule has 1 N–H and O–H groups in total.